The maximum Gasteiger partial charge on any atom is 0.216 e. The molecule has 1 aromatic heterocycles. The van der Waals surface area contributed by atoms with Crippen molar-refractivity contribution < 1.29 is 9.47 Å². The fourth-order valence-electron chi connectivity index (χ4n) is 1.81. The van der Waals surface area contributed by atoms with Crippen LogP contribution in [0.2, 0.25) is 5.02 Å². The maximum absolute atomic E-state index is 6.25. The van der Waals surface area contributed by atoms with Gasteiger partial charge in [0.15, 0.2) is 11.5 Å². The van der Waals surface area contributed by atoms with Gasteiger partial charge in [0.2, 0.25) is 4.77 Å². The molecule has 0 aliphatic heterocycles. The largest absolute Gasteiger partial charge is 0.490 e. The number of aryl methyl sites for hydroxylation is 1. The van der Waals surface area contributed by atoms with E-state index < -0.39 is 0 Å². The summed E-state index contributed by atoms with van der Waals surface area (Å²) in [5.41, 5.74) is 0.731. The average molecular weight is 351 g/mol. The van der Waals surface area contributed by atoms with Crippen molar-refractivity contribution in [3.05, 3.63) is 33.3 Å². The molecule has 120 valence electrons. The molecule has 2 rings (SSSR count). The molecule has 0 bridgehead atoms. The number of hydrogen-bond acceptors (Lipinski definition) is 5. The highest BCUT2D eigenvalue weighted by atomic mass is 35.5. The van der Waals surface area contributed by atoms with E-state index in [2.05, 4.69) is 21.2 Å². The van der Waals surface area contributed by atoms with Crippen molar-refractivity contribution in [3.8, 4) is 23.8 Å². The Kier molecular flexibility index (Phi) is 5.79. The van der Waals surface area contributed by atoms with Crippen LogP contribution in [0.4, 0.5) is 0 Å². The Morgan fingerprint density at radius 2 is 2.30 bits per heavy atom. The first-order chi connectivity index (χ1) is 11.1. The standard InChI is InChI=1S/C15H15ClN4O2S/c1-4-6-22-14-12(16)7-11(8-13(14)21-5-2)9-17-20-10(3)18-19-15(20)23/h1,7-9H,5-6H2,2-3H3,(H,19,23)/b17-9-. The molecule has 0 aliphatic carbocycles. The van der Waals surface area contributed by atoms with Crippen molar-refractivity contribution in [2.45, 2.75) is 13.8 Å². The van der Waals surface area contributed by atoms with E-state index in [0.717, 1.165) is 5.56 Å². The molecule has 0 spiro atoms. The number of halogens is 1. The molecule has 2 aromatic rings. The zero-order valence-electron chi connectivity index (χ0n) is 12.7. The van der Waals surface area contributed by atoms with Gasteiger partial charge in [-0.25, -0.2) is 0 Å². The molecule has 0 unspecified atom stereocenters. The number of ether oxygens (including phenoxy) is 2. The summed E-state index contributed by atoms with van der Waals surface area (Å²) in [6.07, 6.45) is 6.82. The second kappa shape index (κ2) is 7.81. The maximum atomic E-state index is 6.25. The van der Waals surface area contributed by atoms with E-state index in [1.807, 2.05) is 6.92 Å². The molecule has 0 radical (unpaired) electrons. The second-order valence-electron chi connectivity index (χ2n) is 4.39. The van der Waals surface area contributed by atoms with Gasteiger partial charge < -0.3 is 9.47 Å². The monoisotopic (exact) mass is 350 g/mol. The Morgan fingerprint density at radius 1 is 1.52 bits per heavy atom. The summed E-state index contributed by atoms with van der Waals surface area (Å²) in [4.78, 5) is 0. The summed E-state index contributed by atoms with van der Waals surface area (Å²) in [7, 11) is 0. The molecule has 0 saturated heterocycles. The third-order valence-corrected chi connectivity index (χ3v) is 3.31. The molecule has 1 aromatic carbocycles. The lowest BCUT2D eigenvalue weighted by molar-refractivity contribution is 0.299. The molecule has 23 heavy (non-hydrogen) atoms. The van der Waals surface area contributed by atoms with Crippen LogP contribution in [-0.2, 0) is 0 Å². The van der Waals surface area contributed by atoms with Crippen molar-refractivity contribution in [3.63, 3.8) is 0 Å². The molecule has 0 saturated carbocycles. The summed E-state index contributed by atoms with van der Waals surface area (Å²) in [6.45, 7) is 4.23. The number of nitrogens with zero attached hydrogens (tertiary/aromatic N) is 3. The number of hydrogen-bond donors (Lipinski definition) is 1. The average Bonchev–Trinajstić information content (AvgIpc) is 2.83. The molecule has 0 aliphatic rings. The highest BCUT2D eigenvalue weighted by molar-refractivity contribution is 7.71. The third kappa shape index (κ3) is 4.12. The molecule has 1 N–H and O–H groups in total. The van der Waals surface area contributed by atoms with E-state index in [1.54, 1.807) is 25.3 Å². The predicted octanol–water partition coefficient (Wildman–Crippen LogP) is 3.20. The van der Waals surface area contributed by atoms with Gasteiger partial charge in [0.1, 0.15) is 12.4 Å². The van der Waals surface area contributed by atoms with E-state index in [0.29, 0.717) is 33.7 Å². The number of rotatable bonds is 6. The van der Waals surface area contributed by atoms with Crippen LogP contribution in [0.15, 0.2) is 17.2 Å². The summed E-state index contributed by atoms with van der Waals surface area (Å²) < 4.78 is 12.9. The van der Waals surface area contributed by atoms with Crippen molar-refractivity contribution in [1.29, 1.82) is 0 Å². The Bertz CT molecular complexity index is 820. The lowest BCUT2D eigenvalue weighted by Crippen LogP contribution is -2.01. The minimum absolute atomic E-state index is 0.108. The smallest absolute Gasteiger partial charge is 0.216 e. The van der Waals surface area contributed by atoms with Gasteiger partial charge in [-0.1, -0.05) is 17.5 Å². The minimum atomic E-state index is 0.108. The van der Waals surface area contributed by atoms with E-state index in [4.69, 9.17) is 39.7 Å². The molecular weight excluding hydrogens is 336 g/mol. The minimum Gasteiger partial charge on any atom is -0.490 e. The number of terminal acetylenes is 1. The quantitative estimate of drug-likeness (QED) is 0.493. The molecule has 0 amide bonds. The van der Waals surface area contributed by atoms with Crippen molar-refractivity contribution >= 4 is 30.0 Å². The molecular formula is C15H15ClN4O2S. The molecule has 1 heterocycles. The lowest BCUT2D eigenvalue weighted by atomic mass is 10.2. The number of H-pyrrole nitrogens is 1. The Labute approximate surface area is 144 Å². The number of benzene rings is 1. The van der Waals surface area contributed by atoms with Gasteiger partial charge in [-0.05, 0) is 43.8 Å². The molecule has 8 heteroatoms. The summed E-state index contributed by atoms with van der Waals surface area (Å²) in [6, 6.07) is 3.47. The van der Waals surface area contributed by atoms with Gasteiger partial charge >= 0.3 is 0 Å². The van der Waals surface area contributed by atoms with Crippen molar-refractivity contribution in [2.24, 2.45) is 5.10 Å². The first-order valence-corrected chi connectivity index (χ1v) is 7.56. The van der Waals surface area contributed by atoms with E-state index in [1.165, 1.54) is 4.68 Å². The normalized spacial score (nSPS) is 10.7. The van der Waals surface area contributed by atoms with Crippen LogP contribution in [0.1, 0.15) is 18.3 Å². The molecule has 0 atom stereocenters. The first-order valence-electron chi connectivity index (χ1n) is 6.77. The molecule has 6 nitrogen and oxygen atoms in total. The van der Waals surface area contributed by atoms with Crippen LogP contribution < -0.4 is 9.47 Å². The van der Waals surface area contributed by atoms with E-state index >= 15 is 0 Å². The van der Waals surface area contributed by atoms with Crippen LogP contribution in [-0.4, -0.2) is 34.3 Å². The van der Waals surface area contributed by atoms with Gasteiger partial charge in [0, 0.05) is 0 Å². The fraction of sp³-hybridized carbons (Fsp3) is 0.267. The second-order valence-corrected chi connectivity index (χ2v) is 5.18. The van der Waals surface area contributed by atoms with Gasteiger partial charge in [-0.2, -0.15) is 14.9 Å². The van der Waals surface area contributed by atoms with Gasteiger partial charge in [0.25, 0.3) is 0 Å². The zero-order valence-corrected chi connectivity index (χ0v) is 14.2. The predicted molar refractivity (Wildman–Crippen MR) is 92.1 cm³/mol. The van der Waals surface area contributed by atoms with E-state index in [9.17, 15) is 0 Å². The SMILES string of the molecule is C#CCOc1c(Cl)cc(/C=N\n2c(C)n[nH]c2=S)cc1OCC. The first kappa shape index (κ1) is 17.1. The highest BCUT2D eigenvalue weighted by Gasteiger charge is 2.12. The Hall–Kier alpha value is -2.30. The Balaban J connectivity index is 2.37. The topological polar surface area (TPSA) is 64.4 Å². The number of nitrogens with one attached hydrogen (secondary N) is 1. The summed E-state index contributed by atoms with van der Waals surface area (Å²) in [5, 5.41) is 11.3. The van der Waals surface area contributed by atoms with Crippen LogP contribution >= 0.6 is 23.8 Å². The summed E-state index contributed by atoms with van der Waals surface area (Å²) >= 11 is 11.3. The summed E-state index contributed by atoms with van der Waals surface area (Å²) in [5.74, 6) is 3.97. The zero-order chi connectivity index (χ0) is 16.8. The van der Waals surface area contributed by atoms with Gasteiger partial charge in [-0.3, -0.25) is 5.10 Å². The Morgan fingerprint density at radius 3 is 2.91 bits per heavy atom. The van der Waals surface area contributed by atoms with Crippen LogP contribution in [0.5, 0.6) is 11.5 Å². The van der Waals surface area contributed by atoms with Gasteiger partial charge in [0.05, 0.1) is 17.8 Å². The van der Waals surface area contributed by atoms with Crippen LogP contribution in [0, 0.1) is 24.0 Å². The van der Waals surface area contributed by atoms with Gasteiger partial charge in [-0.15, -0.1) is 6.42 Å². The van der Waals surface area contributed by atoms with E-state index in [-0.39, 0.29) is 6.61 Å². The third-order valence-electron chi connectivity index (χ3n) is 2.77. The van der Waals surface area contributed by atoms with Crippen molar-refractivity contribution in [2.75, 3.05) is 13.2 Å². The highest BCUT2D eigenvalue weighted by Crippen LogP contribution is 2.36. The number of aromatic nitrogens is 3. The van der Waals surface area contributed by atoms with Crippen LogP contribution in [0.25, 0.3) is 0 Å². The molecule has 0 fully saturated rings. The lowest BCUT2D eigenvalue weighted by Gasteiger charge is -2.12. The van der Waals surface area contributed by atoms with Crippen molar-refractivity contribution in [1.82, 2.24) is 14.9 Å². The van der Waals surface area contributed by atoms with Crippen LogP contribution in [0.3, 0.4) is 0 Å². The number of aromatic amines is 1. The fourth-order valence-corrected chi connectivity index (χ4v) is 2.31.